The van der Waals surface area contributed by atoms with Crippen LogP contribution in [-0.2, 0) is 17.6 Å². The number of halogens is 1. The summed E-state index contributed by atoms with van der Waals surface area (Å²) in [4.78, 5) is 17.0. The van der Waals surface area contributed by atoms with Crippen molar-refractivity contribution < 1.29 is 13.7 Å². The van der Waals surface area contributed by atoms with Crippen molar-refractivity contribution in [2.24, 2.45) is 0 Å². The molecule has 156 valence electrons. The Morgan fingerprint density at radius 1 is 0.935 bits per heavy atom. The van der Waals surface area contributed by atoms with Gasteiger partial charge in [-0.3, -0.25) is 4.79 Å². The quantitative estimate of drug-likeness (QED) is 0.444. The average molecular weight is 415 g/mol. The molecule has 1 atom stereocenters. The number of aryl methyl sites for hydroxylation is 1. The molecular formula is C25H22FN3O2. The number of carbonyl (C=O) groups is 1. The van der Waals surface area contributed by atoms with Crippen LogP contribution in [0, 0.1) is 5.82 Å². The van der Waals surface area contributed by atoms with Gasteiger partial charge in [0.1, 0.15) is 5.82 Å². The Bertz CT molecular complexity index is 1110. The van der Waals surface area contributed by atoms with E-state index in [4.69, 9.17) is 4.52 Å². The van der Waals surface area contributed by atoms with E-state index in [0.717, 1.165) is 11.1 Å². The van der Waals surface area contributed by atoms with Crippen LogP contribution in [0.25, 0.3) is 11.4 Å². The summed E-state index contributed by atoms with van der Waals surface area (Å²) in [6.45, 7) is 0. The summed E-state index contributed by atoms with van der Waals surface area (Å²) >= 11 is 0. The van der Waals surface area contributed by atoms with Gasteiger partial charge in [-0.15, -0.1) is 0 Å². The number of carbonyl (C=O) groups excluding carboxylic acids is 1. The molecule has 3 aromatic carbocycles. The number of amides is 1. The number of aromatic nitrogens is 2. The Morgan fingerprint density at radius 3 is 2.32 bits per heavy atom. The van der Waals surface area contributed by atoms with Gasteiger partial charge in [-0.1, -0.05) is 65.8 Å². The van der Waals surface area contributed by atoms with Crippen LogP contribution in [0.5, 0.6) is 0 Å². The minimum Gasteiger partial charge on any atom is -0.349 e. The largest absolute Gasteiger partial charge is 0.349 e. The summed E-state index contributed by atoms with van der Waals surface area (Å²) in [6.07, 6.45) is 1.25. The normalized spacial score (nSPS) is 11.8. The van der Waals surface area contributed by atoms with Gasteiger partial charge in [-0.2, -0.15) is 4.98 Å². The van der Waals surface area contributed by atoms with Crippen molar-refractivity contribution in [1.82, 2.24) is 15.5 Å². The molecule has 0 saturated carbocycles. The van der Waals surface area contributed by atoms with Crippen LogP contribution in [0.3, 0.4) is 0 Å². The lowest BCUT2D eigenvalue weighted by molar-refractivity contribution is -0.121. The number of hydrogen-bond donors (Lipinski definition) is 1. The van der Waals surface area contributed by atoms with Crippen LogP contribution in [0.15, 0.2) is 89.5 Å². The van der Waals surface area contributed by atoms with Crippen LogP contribution in [-0.4, -0.2) is 16.0 Å². The second-order valence-electron chi connectivity index (χ2n) is 7.24. The third kappa shape index (κ3) is 5.63. The monoisotopic (exact) mass is 415 g/mol. The van der Waals surface area contributed by atoms with E-state index in [1.165, 1.54) is 12.1 Å². The first kappa shape index (κ1) is 20.5. The first-order valence-corrected chi connectivity index (χ1v) is 10.1. The van der Waals surface area contributed by atoms with Crippen molar-refractivity contribution in [2.45, 2.75) is 25.3 Å². The molecule has 0 saturated heterocycles. The maximum atomic E-state index is 13.1. The fourth-order valence-electron chi connectivity index (χ4n) is 3.35. The van der Waals surface area contributed by atoms with E-state index in [9.17, 15) is 9.18 Å². The third-order valence-corrected chi connectivity index (χ3v) is 4.96. The van der Waals surface area contributed by atoms with Crippen LogP contribution >= 0.6 is 0 Å². The second-order valence-corrected chi connectivity index (χ2v) is 7.24. The van der Waals surface area contributed by atoms with Crippen LogP contribution in [0.2, 0.25) is 0 Å². The molecule has 0 bridgehead atoms. The van der Waals surface area contributed by atoms with Crippen molar-refractivity contribution >= 4 is 5.91 Å². The Balaban J connectivity index is 1.38. The molecule has 1 N–H and O–H groups in total. The molecule has 0 fully saturated rings. The fraction of sp³-hybridized carbons (Fsp3) is 0.160. The van der Waals surface area contributed by atoms with Crippen LogP contribution in [0.1, 0.15) is 29.5 Å². The Labute approximate surface area is 179 Å². The first-order chi connectivity index (χ1) is 15.2. The molecule has 0 aliphatic rings. The summed E-state index contributed by atoms with van der Waals surface area (Å²) in [7, 11) is 0. The number of hydrogen-bond acceptors (Lipinski definition) is 4. The fourth-order valence-corrected chi connectivity index (χ4v) is 3.35. The number of benzene rings is 3. The maximum Gasteiger partial charge on any atom is 0.227 e. The van der Waals surface area contributed by atoms with Gasteiger partial charge < -0.3 is 9.84 Å². The van der Waals surface area contributed by atoms with Gasteiger partial charge in [0, 0.05) is 18.4 Å². The highest BCUT2D eigenvalue weighted by Gasteiger charge is 2.17. The summed E-state index contributed by atoms with van der Waals surface area (Å²) < 4.78 is 18.3. The summed E-state index contributed by atoms with van der Waals surface area (Å²) in [5, 5.41) is 7.04. The predicted octanol–water partition coefficient (Wildman–Crippen LogP) is 4.91. The summed E-state index contributed by atoms with van der Waals surface area (Å²) in [5.41, 5.74) is 2.86. The minimum atomic E-state index is -0.326. The Kier molecular flexibility index (Phi) is 6.47. The number of rotatable bonds is 8. The van der Waals surface area contributed by atoms with Gasteiger partial charge in [0.25, 0.3) is 0 Å². The lowest BCUT2D eigenvalue weighted by atomic mass is 9.98. The zero-order valence-electron chi connectivity index (χ0n) is 16.9. The predicted molar refractivity (Wildman–Crippen MR) is 115 cm³/mol. The van der Waals surface area contributed by atoms with E-state index in [1.807, 2.05) is 48.5 Å². The zero-order valence-corrected chi connectivity index (χ0v) is 16.9. The molecule has 31 heavy (non-hydrogen) atoms. The van der Waals surface area contributed by atoms with E-state index in [1.54, 1.807) is 12.1 Å². The van der Waals surface area contributed by atoms with Crippen molar-refractivity contribution in [2.75, 3.05) is 0 Å². The van der Waals surface area contributed by atoms with Gasteiger partial charge in [0.15, 0.2) is 0 Å². The molecule has 1 aromatic heterocycles. The number of nitrogens with zero attached hydrogens (tertiary/aromatic N) is 2. The van der Waals surface area contributed by atoms with Crippen molar-refractivity contribution in [3.8, 4) is 11.4 Å². The summed E-state index contributed by atoms with van der Waals surface area (Å²) in [6, 6.07) is 25.7. The van der Waals surface area contributed by atoms with Gasteiger partial charge in [0.05, 0.1) is 6.04 Å². The zero-order chi connectivity index (χ0) is 21.5. The lowest BCUT2D eigenvalue weighted by Gasteiger charge is -2.19. The average Bonchev–Trinajstić information content (AvgIpc) is 3.28. The minimum absolute atomic E-state index is 0.0914. The molecule has 5 nitrogen and oxygen atoms in total. The van der Waals surface area contributed by atoms with E-state index >= 15 is 0 Å². The molecule has 1 unspecified atom stereocenters. The van der Waals surface area contributed by atoms with Crippen molar-refractivity contribution in [1.29, 1.82) is 0 Å². The standard InChI is InChI=1S/C25H22FN3O2/c26-21-13-11-20(12-14-21)25-28-24(31-29-25)16-15-23(30)27-22(19-9-5-2-6-10-19)17-18-7-3-1-4-8-18/h1-14,22H,15-17H2,(H,27,30). The van der Waals surface area contributed by atoms with Gasteiger partial charge in [0.2, 0.25) is 17.6 Å². The highest BCUT2D eigenvalue weighted by molar-refractivity contribution is 5.76. The van der Waals surface area contributed by atoms with Crippen LogP contribution < -0.4 is 5.32 Å². The molecule has 0 spiro atoms. The van der Waals surface area contributed by atoms with Gasteiger partial charge in [-0.25, -0.2) is 4.39 Å². The third-order valence-electron chi connectivity index (χ3n) is 4.96. The molecule has 0 radical (unpaired) electrons. The molecular weight excluding hydrogens is 393 g/mol. The molecule has 4 aromatic rings. The molecule has 1 amide bonds. The molecule has 4 rings (SSSR count). The van der Waals surface area contributed by atoms with Crippen molar-refractivity contribution in [3.05, 3.63) is 108 Å². The molecule has 1 heterocycles. The second kappa shape index (κ2) is 9.80. The van der Waals surface area contributed by atoms with Crippen molar-refractivity contribution in [3.63, 3.8) is 0 Å². The first-order valence-electron chi connectivity index (χ1n) is 10.1. The maximum absolute atomic E-state index is 13.1. The highest BCUT2D eigenvalue weighted by atomic mass is 19.1. The van der Waals surface area contributed by atoms with E-state index in [2.05, 4.69) is 27.6 Å². The SMILES string of the molecule is O=C(CCc1nc(-c2ccc(F)cc2)no1)NC(Cc1ccccc1)c1ccccc1. The lowest BCUT2D eigenvalue weighted by Crippen LogP contribution is -2.30. The van der Waals surface area contributed by atoms with E-state index in [0.29, 0.717) is 30.1 Å². The highest BCUT2D eigenvalue weighted by Crippen LogP contribution is 2.19. The Hall–Kier alpha value is -3.80. The number of nitrogens with one attached hydrogen (secondary N) is 1. The van der Waals surface area contributed by atoms with Gasteiger partial charge >= 0.3 is 0 Å². The van der Waals surface area contributed by atoms with Crippen LogP contribution in [0.4, 0.5) is 4.39 Å². The Morgan fingerprint density at radius 2 is 1.61 bits per heavy atom. The van der Waals surface area contributed by atoms with E-state index < -0.39 is 0 Å². The smallest absolute Gasteiger partial charge is 0.227 e. The van der Waals surface area contributed by atoms with Gasteiger partial charge in [-0.05, 0) is 41.8 Å². The molecule has 6 heteroatoms. The molecule has 0 aliphatic carbocycles. The molecule has 0 aliphatic heterocycles. The summed E-state index contributed by atoms with van der Waals surface area (Å²) in [5.74, 6) is 0.328. The topological polar surface area (TPSA) is 68.0 Å². The van der Waals surface area contributed by atoms with E-state index in [-0.39, 0.29) is 24.2 Å².